The van der Waals surface area contributed by atoms with Crippen molar-refractivity contribution in [3.05, 3.63) is 44.1 Å². The van der Waals surface area contributed by atoms with Crippen LogP contribution in [0.1, 0.15) is 31.2 Å². The molecule has 3 N–H and O–H groups in total. The minimum absolute atomic E-state index is 0.158. The van der Waals surface area contributed by atoms with Crippen LogP contribution in [0.25, 0.3) is 0 Å². The van der Waals surface area contributed by atoms with Gasteiger partial charge in [0.2, 0.25) is 5.91 Å². The molecule has 2 aromatic rings. The third kappa shape index (κ3) is 9.63. The minimum atomic E-state index is -1.08. The Labute approximate surface area is 257 Å². The van der Waals surface area contributed by atoms with Crippen LogP contribution < -0.4 is 10.1 Å². The molecule has 2 aromatic carbocycles. The molecule has 0 radical (unpaired) electrons. The largest absolute Gasteiger partial charge is 0.506 e. The van der Waals surface area contributed by atoms with Crippen LogP contribution in [-0.4, -0.2) is 39.8 Å². The Morgan fingerprint density at radius 3 is 2.21 bits per heavy atom. The number of halogens is 4. The van der Waals surface area contributed by atoms with Gasteiger partial charge in [0.1, 0.15) is 17.5 Å². The smallest absolute Gasteiger partial charge is 0.326 e. The van der Waals surface area contributed by atoms with Crippen LogP contribution in [0.15, 0.2) is 29.3 Å². The Bertz CT molecular complexity index is 1060. The summed E-state index contributed by atoms with van der Waals surface area (Å²) in [5.74, 6) is 0.0974. The van der Waals surface area contributed by atoms with Gasteiger partial charge in [-0.1, -0.05) is 6.42 Å². The van der Waals surface area contributed by atoms with Gasteiger partial charge in [-0.2, -0.15) is 0 Å². The second-order valence-corrected chi connectivity index (χ2v) is 12.0. The van der Waals surface area contributed by atoms with Gasteiger partial charge >= 0.3 is 5.97 Å². The van der Waals surface area contributed by atoms with E-state index in [1.807, 2.05) is 57.3 Å². The molecule has 0 aliphatic rings. The number of aromatic hydroxyl groups is 1. The van der Waals surface area contributed by atoms with E-state index in [0.29, 0.717) is 31.6 Å². The maximum absolute atomic E-state index is 12.2. The molecule has 2 rings (SSSR count). The first kappa shape index (κ1) is 29.9. The van der Waals surface area contributed by atoms with Crippen LogP contribution in [-0.2, 0) is 16.0 Å². The normalized spacial score (nSPS) is 11.4. The quantitative estimate of drug-likeness (QED) is 0.0989. The van der Waals surface area contributed by atoms with Crippen molar-refractivity contribution in [2.45, 2.75) is 38.1 Å². The Kier molecular flexibility index (Phi) is 13.3. The molecular formula is C22H20I4N2O5S. The van der Waals surface area contributed by atoms with E-state index in [0.717, 1.165) is 25.5 Å². The van der Waals surface area contributed by atoms with E-state index >= 15 is 0 Å². The number of thiocarbonyl (C=S) groups is 1. The number of phenols is 1. The van der Waals surface area contributed by atoms with Crippen molar-refractivity contribution >= 4 is 120 Å². The van der Waals surface area contributed by atoms with Crippen molar-refractivity contribution < 1.29 is 24.5 Å². The highest BCUT2D eigenvalue weighted by Gasteiger charge is 2.22. The summed E-state index contributed by atoms with van der Waals surface area (Å²) < 4.78 is 9.06. The number of benzene rings is 2. The number of aliphatic imine (C=N–C) groups is 1. The lowest BCUT2D eigenvalue weighted by Crippen LogP contribution is -2.42. The van der Waals surface area contributed by atoms with Crippen LogP contribution in [0.3, 0.4) is 0 Å². The first-order valence-corrected chi connectivity index (χ1v) is 14.7. The number of nitrogens with zero attached hydrogens (tertiary/aromatic N) is 1. The zero-order chi connectivity index (χ0) is 25.3. The molecule has 0 saturated carbocycles. The number of rotatable bonds is 12. The SMILES string of the molecule is O=C(CCCCCN=C=S)NC(Cc1cc(I)c(Oc2cc(I)c(O)c(I)c2)c(I)c1)C(=O)O. The molecule has 34 heavy (non-hydrogen) atoms. The molecule has 0 aromatic heterocycles. The van der Waals surface area contributed by atoms with E-state index in [2.05, 4.69) is 72.9 Å². The Balaban J connectivity index is 2.04. The zero-order valence-electron chi connectivity index (χ0n) is 17.6. The van der Waals surface area contributed by atoms with E-state index in [1.165, 1.54) is 0 Å². The van der Waals surface area contributed by atoms with Crippen molar-refractivity contribution in [1.29, 1.82) is 0 Å². The number of carbonyl (C=O) groups excluding carboxylic acids is 1. The van der Waals surface area contributed by atoms with E-state index < -0.39 is 12.0 Å². The van der Waals surface area contributed by atoms with Crippen molar-refractivity contribution in [3.8, 4) is 17.2 Å². The fourth-order valence-corrected chi connectivity index (χ4v) is 6.87. The monoisotopic (exact) mass is 932 g/mol. The molecular weight excluding hydrogens is 912 g/mol. The lowest BCUT2D eigenvalue weighted by molar-refractivity contribution is -0.141. The second-order valence-electron chi connectivity index (χ2n) is 7.17. The number of amides is 1. The van der Waals surface area contributed by atoms with E-state index in [4.69, 9.17) is 4.74 Å². The van der Waals surface area contributed by atoms with Crippen molar-refractivity contribution in [2.24, 2.45) is 4.99 Å². The van der Waals surface area contributed by atoms with Crippen molar-refractivity contribution in [2.75, 3.05) is 6.54 Å². The van der Waals surface area contributed by atoms with Gasteiger partial charge < -0.3 is 20.3 Å². The van der Waals surface area contributed by atoms with E-state index in [-0.39, 0.29) is 24.5 Å². The summed E-state index contributed by atoms with van der Waals surface area (Å²) in [4.78, 5) is 27.8. The molecule has 0 spiro atoms. The van der Waals surface area contributed by atoms with Gasteiger partial charge in [-0.3, -0.25) is 4.79 Å². The van der Waals surface area contributed by atoms with Gasteiger partial charge in [0.05, 0.1) is 19.4 Å². The van der Waals surface area contributed by atoms with E-state index in [9.17, 15) is 19.8 Å². The second kappa shape index (κ2) is 15.1. The summed E-state index contributed by atoms with van der Waals surface area (Å²) in [6, 6.07) is 6.18. The number of ether oxygens (including phenoxy) is 1. The number of phenolic OH excluding ortho intramolecular Hbond substituents is 1. The van der Waals surface area contributed by atoms with Crippen LogP contribution in [0.5, 0.6) is 17.2 Å². The van der Waals surface area contributed by atoms with E-state index in [1.54, 1.807) is 12.1 Å². The molecule has 0 heterocycles. The molecule has 0 fully saturated rings. The summed E-state index contributed by atoms with van der Waals surface area (Å²) >= 11 is 12.9. The summed E-state index contributed by atoms with van der Waals surface area (Å²) in [5, 5.41) is 24.5. The highest BCUT2D eigenvalue weighted by molar-refractivity contribution is 14.1. The molecule has 0 aliphatic carbocycles. The maximum atomic E-state index is 12.2. The molecule has 0 saturated heterocycles. The lowest BCUT2D eigenvalue weighted by Gasteiger charge is -2.17. The zero-order valence-corrected chi connectivity index (χ0v) is 27.1. The third-order valence-electron chi connectivity index (χ3n) is 4.58. The number of unbranched alkanes of at least 4 members (excludes halogenated alkanes) is 2. The van der Waals surface area contributed by atoms with Crippen LogP contribution in [0, 0.1) is 14.3 Å². The Morgan fingerprint density at radius 2 is 1.65 bits per heavy atom. The number of carboxylic acid groups (broad SMARTS) is 1. The topological polar surface area (TPSA) is 108 Å². The standard InChI is InChI=1S/C22H20I4N2O5S/c23-14-9-13(10-15(24)20(14)30)33-21-16(25)6-12(7-17(21)26)8-18(22(31)32)28-19(29)4-2-1-3-5-27-11-34/h6-7,9-10,18,30H,1-5,8H2,(H,28,29)(H,31,32). The van der Waals surface area contributed by atoms with Crippen molar-refractivity contribution in [1.82, 2.24) is 5.32 Å². The van der Waals surface area contributed by atoms with Gasteiger partial charge in [0, 0.05) is 19.4 Å². The number of hydrogen-bond donors (Lipinski definition) is 3. The summed E-state index contributed by atoms with van der Waals surface area (Å²) in [6.07, 6.45) is 2.70. The fraction of sp³-hybridized carbons (Fsp3) is 0.318. The average Bonchev–Trinajstić information content (AvgIpc) is 2.76. The number of nitrogens with one attached hydrogen (secondary N) is 1. The predicted octanol–water partition coefficient (Wildman–Crippen LogP) is 6.38. The number of isothiocyanates is 1. The molecule has 12 heteroatoms. The number of carbonyl (C=O) groups is 2. The molecule has 0 aliphatic heterocycles. The van der Waals surface area contributed by atoms with Crippen LogP contribution in [0.4, 0.5) is 0 Å². The number of carboxylic acids is 1. The highest BCUT2D eigenvalue weighted by atomic mass is 127. The Hall–Kier alpha value is -0.300. The lowest BCUT2D eigenvalue weighted by atomic mass is 10.1. The average molecular weight is 932 g/mol. The maximum Gasteiger partial charge on any atom is 0.326 e. The third-order valence-corrected chi connectivity index (χ3v) is 7.96. The first-order valence-electron chi connectivity index (χ1n) is 10.0. The van der Waals surface area contributed by atoms with Gasteiger partial charge in [-0.15, -0.1) is 0 Å². The molecule has 1 unspecified atom stereocenters. The fourth-order valence-electron chi connectivity index (χ4n) is 2.95. The highest BCUT2D eigenvalue weighted by Crippen LogP contribution is 2.37. The summed E-state index contributed by atoms with van der Waals surface area (Å²) in [6.45, 7) is 0.588. The molecule has 7 nitrogen and oxygen atoms in total. The van der Waals surface area contributed by atoms with Crippen LogP contribution >= 0.6 is 103 Å². The van der Waals surface area contributed by atoms with Crippen LogP contribution in [0.2, 0.25) is 0 Å². The molecule has 182 valence electrons. The Morgan fingerprint density at radius 1 is 1.03 bits per heavy atom. The number of hydrogen-bond acceptors (Lipinski definition) is 6. The predicted molar refractivity (Wildman–Crippen MR) is 167 cm³/mol. The summed E-state index contributed by atoms with van der Waals surface area (Å²) in [7, 11) is 0. The van der Waals surface area contributed by atoms with Crippen molar-refractivity contribution in [3.63, 3.8) is 0 Å². The number of aliphatic carboxylic acids is 1. The van der Waals surface area contributed by atoms with Gasteiger partial charge in [-0.05, 0) is 145 Å². The van der Waals surface area contributed by atoms with Gasteiger partial charge in [0.25, 0.3) is 0 Å². The molecule has 1 atom stereocenters. The van der Waals surface area contributed by atoms with Gasteiger partial charge in [0.15, 0.2) is 5.75 Å². The minimum Gasteiger partial charge on any atom is -0.506 e. The molecule has 1 amide bonds. The summed E-state index contributed by atoms with van der Waals surface area (Å²) in [5.41, 5.74) is 0.779. The first-order chi connectivity index (χ1) is 16.1. The molecule has 0 bridgehead atoms. The van der Waals surface area contributed by atoms with Gasteiger partial charge in [-0.25, -0.2) is 9.79 Å².